The fourth-order valence-electron chi connectivity index (χ4n) is 0.890. The number of rotatable bonds is 4. The lowest BCUT2D eigenvalue weighted by Crippen LogP contribution is -2.29. The van der Waals surface area contributed by atoms with Crippen LogP contribution < -0.4 is 0 Å². The molecule has 0 bridgehead atoms. The maximum Gasteiger partial charge on any atom is 0.0636 e. The third-order valence-corrected chi connectivity index (χ3v) is 3.01. The fraction of sp³-hybridized carbons (Fsp3) is 0.778. The van der Waals surface area contributed by atoms with Gasteiger partial charge in [-0.05, 0) is 11.8 Å². The summed E-state index contributed by atoms with van der Waals surface area (Å²) in [6.07, 6.45) is 1.50. The number of aliphatic hydroxyl groups excluding tert-OH is 1. The van der Waals surface area contributed by atoms with Gasteiger partial charge in [-0.1, -0.05) is 42.8 Å². The first-order valence-electron chi connectivity index (χ1n) is 3.95. The van der Waals surface area contributed by atoms with Crippen molar-refractivity contribution >= 4 is 15.9 Å². The second kappa shape index (κ2) is 4.94. The van der Waals surface area contributed by atoms with Gasteiger partial charge in [0, 0.05) is 4.83 Å². The molecule has 0 radical (unpaired) electrons. The van der Waals surface area contributed by atoms with E-state index in [2.05, 4.69) is 22.5 Å². The molecule has 0 amide bonds. The summed E-state index contributed by atoms with van der Waals surface area (Å²) >= 11 is 3.44. The molecule has 1 nitrogen and oxygen atoms in total. The molecular weight excluding hydrogens is 204 g/mol. The Morgan fingerprint density at radius 3 is 2.09 bits per heavy atom. The Morgan fingerprint density at radius 1 is 1.36 bits per heavy atom. The summed E-state index contributed by atoms with van der Waals surface area (Å²) in [5, 5.41) is 9.66. The molecule has 0 aromatic carbocycles. The predicted molar refractivity (Wildman–Crippen MR) is 52.9 cm³/mol. The van der Waals surface area contributed by atoms with Crippen molar-refractivity contribution in [1.82, 2.24) is 0 Å². The summed E-state index contributed by atoms with van der Waals surface area (Å²) in [6, 6.07) is 0. The van der Waals surface area contributed by atoms with Crippen molar-refractivity contribution < 1.29 is 5.11 Å². The van der Waals surface area contributed by atoms with E-state index in [1.54, 1.807) is 6.08 Å². The third-order valence-electron chi connectivity index (χ3n) is 2.17. The van der Waals surface area contributed by atoms with Crippen LogP contribution in [-0.2, 0) is 0 Å². The van der Waals surface area contributed by atoms with Gasteiger partial charge in [0.25, 0.3) is 0 Å². The van der Waals surface area contributed by atoms with Gasteiger partial charge >= 0.3 is 0 Å². The molecule has 0 rings (SSSR count). The molecule has 4 atom stereocenters. The summed E-state index contributed by atoms with van der Waals surface area (Å²) in [6.45, 7) is 9.70. The Kier molecular flexibility index (Phi) is 5.02. The van der Waals surface area contributed by atoms with Crippen LogP contribution in [-0.4, -0.2) is 16.0 Å². The maximum absolute atomic E-state index is 9.66. The van der Waals surface area contributed by atoms with Gasteiger partial charge in [-0.15, -0.1) is 6.58 Å². The van der Waals surface area contributed by atoms with E-state index in [0.717, 1.165) is 0 Å². The highest BCUT2D eigenvalue weighted by Crippen LogP contribution is 2.21. The molecule has 0 aliphatic rings. The van der Waals surface area contributed by atoms with Crippen molar-refractivity contribution in [2.45, 2.75) is 31.7 Å². The Labute approximate surface area is 77.6 Å². The highest BCUT2D eigenvalue weighted by Gasteiger charge is 2.22. The van der Waals surface area contributed by atoms with E-state index in [-0.39, 0.29) is 17.9 Å². The minimum absolute atomic E-state index is 0.171. The first-order valence-corrected chi connectivity index (χ1v) is 4.87. The molecule has 0 spiro atoms. The van der Waals surface area contributed by atoms with E-state index in [9.17, 15) is 5.11 Å². The number of halogens is 1. The molecule has 0 aliphatic carbocycles. The van der Waals surface area contributed by atoms with Crippen LogP contribution in [0.1, 0.15) is 20.8 Å². The van der Waals surface area contributed by atoms with E-state index < -0.39 is 0 Å². The number of aliphatic hydroxyl groups is 1. The number of hydrogen-bond donors (Lipinski definition) is 1. The fourth-order valence-corrected chi connectivity index (χ4v) is 1.20. The number of hydrogen-bond acceptors (Lipinski definition) is 1. The zero-order chi connectivity index (χ0) is 9.02. The second-order valence-electron chi connectivity index (χ2n) is 3.12. The smallest absolute Gasteiger partial charge is 0.0636 e. The first kappa shape index (κ1) is 11.2. The Morgan fingerprint density at radius 2 is 1.82 bits per heavy atom. The van der Waals surface area contributed by atoms with Gasteiger partial charge in [0.15, 0.2) is 0 Å². The summed E-state index contributed by atoms with van der Waals surface area (Å²) in [5.41, 5.74) is 0. The van der Waals surface area contributed by atoms with E-state index >= 15 is 0 Å². The second-order valence-corrected chi connectivity index (χ2v) is 4.57. The Balaban J connectivity index is 4.00. The maximum atomic E-state index is 9.66. The van der Waals surface area contributed by atoms with Crippen molar-refractivity contribution in [1.29, 1.82) is 0 Å². The van der Waals surface area contributed by atoms with Crippen LogP contribution in [0.3, 0.4) is 0 Å². The van der Waals surface area contributed by atoms with Crippen LogP contribution in [0.5, 0.6) is 0 Å². The molecule has 0 saturated heterocycles. The SMILES string of the molecule is C=CC(C)C(O)C(C)C(C)Br. The van der Waals surface area contributed by atoms with Gasteiger partial charge in [-0.25, -0.2) is 0 Å². The summed E-state index contributed by atoms with van der Waals surface area (Å²) in [5.74, 6) is 0.438. The molecule has 0 saturated carbocycles. The minimum Gasteiger partial charge on any atom is -0.392 e. The third kappa shape index (κ3) is 3.39. The molecule has 0 heterocycles. The van der Waals surface area contributed by atoms with E-state index in [0.29, 0.717) is 4.83 Å². The largest absolute Gasteiger partial charge is 0.392 e. The lowest BCUT2D eigenvalue weighted by molar-refractivity contribution is 0.0847. The monoisotopic (exact) mass is 220 g/mol. The zero-order valence-corrected chi connectivity index (χ0v) is 9.01. The van der Waals surface area contributed by atoms with Crippen LogP contribution in [0.4, 0.5) is 0 Å². The van der Waals surface area contributed by atoms with Crippen LogP contribution in [0.15, 0.2) is 12.7 Å². The number of alkyl halides is 1. The molecular formula is C9H17BrO. The van der Waals surface area contributed by atoms with Gasteiger partial charge in [-0.2, -0.15) is 0 Å². The summed E-state index contributed by atoms with van der Waals surface area (Å²) in [7, 11) is 0. The van der Waals surface area contributed by atoms with E-state index in [1.807, 2.05) is 20.8 Å². The van der Waals surface area contributed by atoms with Crippen molar-refractivity contribution in [3.8, 4) is 0 Å². The Hall–Kier alpha value is 0.180. The molecule has 11 heavy (non-hydrogen) atoms. The topological polar surface area (TPSA) is 20.2 Å². The van der Waals surface area contributed by atoms with Crippen molar-refractivity contribution in [2.24, 2.45) is 11.8 Å². The van der Waals surface area contributed by atoms with Gasteiger partial charge < -0.3 is 5.11 Å². The molecule has 0 aliphatic heterocycles. The predicted octanol–water partition coefficient (Wildman–Crippen LogP) is 2.59. The molecule has 0 aromatic heterocycles. The van der Waals surface area contributed by atoms with Gasteiger partial charge in [-0.3, -0.25) is 0 Å². The molecule has 66 valence electrons. The highest BCUT2D eigenvalue weighted by atomic mass is 79.9. The molecule has 2 heteroatoms. The van der Waals surface area contributed by atoms with Gasteiger partial charge in [0.2, 0.25) is 0 Å². The lowest BCUT2D eigenvalue weighted by atomic mass is 9.92. The molecule has 0 aromatic rings. The highest BCUT2D eigenvalue weighted by molar-refractivity contribution is 9.09. The van der Waals surface area contributed by atoms with E-state index in [4.69, 9.17) is 0 Å². The normalized spacial score (nSPS) is 21.9. The van der Waals surface area contributed by atoms with E-state index in [1.165, 1.54) is 0 Å². The summed E-state index contributed by atoms with van der Waals surface area (Å²) in [4.78, 5) is 0.347. The average Bonchev–Trinajstić information content (AvgIpc) is 2.00. The quantitative estimate of drug-likeness (QED) is 0.571. The van der Waals surface area contributed by atoms with Crippen LogP contribution in [0, 0.1) is 11.8 Å². The van der Waals surface area contributed by atoms with Crippen LogP contribution in [0.2, 0.25) is 0 Å². The van der Waals surface area contributed by atoms with Crippen LogP contribution in [0.25, 0.3) is 0 Å². The van der Waals surface area contributed by atoms with Crippen molar-refractivity contribution in [2.75, 3.05) is 0 Å². The molecule has 4 unspecified atom stereocenters. The van der Waals surface area contributed by atoms with Crippen molar-refractivity contribution in [3.63, 3.8) is 0 Å². The minimum atomic E-state index is -0.290. The van der Waals surface area contributed by atoms with Crippen molar-refractivity contribution in [3.05, 3.63) is 12.7 Å². The van der Waals surface area contributed by atoms with Gasteiger partial charge in [0.05, 0.1) is 6.10 Å². The zero-order valence-electron chi connectivity index (χ0n) is 7.42. The molecule has 1 N–H and O–H groups in total. The lowest BCUT2D eigenvalue weighted by Gasteiger charge is -2.24. The summed E-state index contributed by atoms with van der Waals surface area (Å²) < 4.78 is 0. The average molecular weight is 221 g/mol. The van der Waals surface area contributed by atoms with Gasteiger partial charge in [0.1, 0.15) is 0 Å². The van der Waals surface area contributed by atoms with Crippen LogP contribution >= 0.6 is 15.9 Å². The first-order chi connectivity index (χ1) is 5.00. The standard InChI is InChI=1S/C9H17BrO/c1-5-6(2)9(11)7(3)8(4)10/h5-9,11H,1H2,2-4H3. The Bertz CT molecular complexity index is 123. The molecule has 0 fully saturated rings.